The molecule has 1 aromatic rings. The standard InChI is InChI=1S/C9H10Cl2N2O2/c1-15-8(14)2-7(12)9-5(10)3-13-4-6(9)11/h3-4,7H,2,12H2,1H3/t7-/m1/s1. The molecule has 0 saturated carbocycles. The lowest BCUT2D eigenvalue weighted by Gasteiger charge is -2.13. The number of aromatic nitrogens is 1. The van der Waals surface area contributed by atoms with E-state index in [-0.39, 0.29) is 6.42 Å². The van der Waals surface area contributed by atoms with Gasteiger partial charge in [-0.3, -0.25) is 9.78 Å². The second-order valence-corrected chi connectivity index (χ2v) is 3.72. The molecular formula is C9H10Cl2N2O2. The van der Waals surface area contributed by atoms with Crippen LogP contribution in [0.4, 0.5) is 0 Å². The van der Waals surface area contributed by atoms with Gasteiger partial charge in [0.2, 0.25) is 0 Å². The molecule has 0 amide bonds. The number of rotatable bonds is 3. The number of esters is 1. The molecule has 0 bridgehead atoms. The molecule has 0 saturated heterocycles. The van der Waals surface area contributed by atoms with Crippen molar-refractivity contribution in [3.8, 4) is 0 Å². The summed E-state index contributed by atoms with van der Waals surface area (Å²) in [5.74, 6) is -0.411. The van der Waals surface area contributed by atoms with Crippen molar-refractivity contribution < 1.29 is 9.53 Å². The molecule has 0 spiro atoms. The monoisotopic (exact) mass is 248 g/mol. The molecule has 1 rings (SSSR count). The van der Waals surface area contributed by atoms with E-state index in [1.54, 1.807) is 0 Å². The van der Waals surface area contributed by atoms with Gasteiger partial charge < -0.3 is 10.5 Å². The Kier molecular flexibility index (Phi) is 4.32. The molecular weight excluding hydrogens is 239 g/mol. The van der Waals surface area contributed by atoms with Crippen molar-refractivity contribution >= 4 is 29.2 Å². The summed E-state index contributed by atoms with van der Waals surface area (Å²) in [5, 5.41) is 0.692. The van der Waals surface area contributed by atoms with E-state index in [1.807, 2.05) is 0 Å². The zero-order valence-electron chi connectivity index (χ0n) is 8.04. The maximum Gasteiger partial charge on any atom is 0.307 e. The Balaban J connectivity index is 2.90. The lowest BCUT2D eigenvalue weighted by molar-refractivity contribution is -0.141. The Morgan fingerprint density at radius 3 is 2.53 bits per heavy atom. The molecule has 1 heterocycles. The van der Waals surface area contributed by atoms with Gasteiger partial charge in [-0.15, -0.1) is 0 Å². The van der Waals surface area contributed by atoms with Crippen LogP contribution in [0.3, 0.4) is 0 Å². The minimum Gasteiger partial charge on any atom is -0.469 e. The third-order valence-corrected chi connectivity index (χ3v) is 2.48. The summed E-state index contributed by atoms with van der Waals surface area (Å²) in [4.78, 5) is 14.8. The van der Waals surface area contributed by atoms with Crippen LogP contribution < -0.4 is 5.73 Å². The van der Waals surface area contributed by atoms with Crippen LogP contribution in [0.1, 0.15) is 18.0 Å². The number of nitrogens with zero attached hydrogens (tertiary/aromatic N) is 1. The number of hydrogen-bond acceptors (Lipinski definition) is 4. The number of halogens is 2. The second-order valence-electron chi connectivity index (χ2n) is 2.90. The molecule has 0 unspecified atom stereocenters. The van der Waals surface area contributed by atoms with E-state index in [4.69, 9.17) is 28.9 Å². The van der Waals surface area contributed by atoms with Gasteiger partial charge in [-0.1, -0.05) is 23.2 Å². The lowest BCUT2D eigenvalue weighted by Crippen LogP contribution is -2.17. The van der Waals surface area contributed by atoms with Crippen LogP contribution in [0.15, 0.2) is 12.4 Å². The van der Waals surface area contributed by atoms with Crippen LogP contribution in [0.2, 0.25) is 10.0 Å². The third-order valence-electron chi connectivity index (χ3n) is 1.88. The zero-order valence-corrected chi connectivity index (χ0v) is 9.55. The van der Waals surface area contributed by atoms with Gasteiger partial charge in [-0.2, -0.15) is 0 Å². The van der Waals surface area contributed by atoms with Crippen molar-refractivity contribution in [2.24, 2.45) is 5.73 Å². The molecule has 15 heavy (non-hydrogen) atoms. The summed E-state index contributed by atoms with van der Waals surface area (Å²) in [6.45, 7) is 0. The van der Waals surface area contributed by atoms with E-state index in [0.29, 0.717) is 15.6 Å². The number of carbonyl (C=O) groups excluding carboxylic acids is 1. The van der Waals surface area contributed by atoms with Crippen molar-refractivity contribution in [2.45, 2.75) is 12.5 Å². The fourth-order valence-corrected chi connectivity index (χ4v) is 1.79. The molecule has 1 aromatic heterocycles. The number of pyridine rings is 1. The van der Waals surface area contributed by atoms with Crippen molar-refractivity contribution in [3.63, 3.8) is 0 Å². The zero-order chi connectivity index (χ0) is 11.4. The molecule has 0 aliphatic rings. The Hall–Kier alpha value is -0.840. The van der Waals surface area contributed by atoms with E-state index in [0.717, 1.165) is 0 Å². The molecule has 0 aliphatic carbocycles. The van der Waals surface area contributed by atoms with Crippen molar-refractivity contribution in [1.82, 2.24) is 4.98 Å². The Bertz CT molecular complexity index is 351. The van der Waals surface area contributed by atoms with Crippen LogP contribution in [-0.2, 0) is 9.53 Å². The van der Waals surface area contributed by atoms with E-state index < -0.39 is 12.0 Å². The van der Waals surface area contributed by atoms with Crippen molar-refractivity contribution in [3.05, 3.63) is 28.0 Å². The first-order valence-corrected chi connectivity index (χ1v) is 4.93. The summed E-state index contributed by atoms with van der Waals surface area (Å²) >= 11 is 11.7. The summed E-state index contributed by atoms with van der Waals surface area (Å²) < 4.78 is 4.50. The molecule has 0 aliphatic heterocycles. The molecule has 0 radical (unpaired) electrons. The first kappa shape index (κ1) is 12.2. The third kappa shape index (κ3) is 3.06. The van der Waals surface area contributed by atoms with Crippen LogP contribution in [-0.4, -0.2) is 18.1 Å². The summed E-state index contributed by atoms with van der Waals surface area (Å²) in [7, 11) is 1.30. The number of carbonyl (C=O) groups is 1. The van der Waals surface area contributed by atoms with Crippen LogP contribution >= 0.6 is 23.2 Å². The van der Waals surface area contributed by atoms with Gasteiger partial charge in [0.1, 0.15) is 0 Å². The topological polar surface area (TPSA) is 65.2 Å². The number of methoxy groups -OCH3 is 1. The van der Waals surface area contributed by atoms with Crippen LogP contribution in [0.5, 0.6) is 0 Å². The fourth-order valence-electron chi connectivity index (χ4n) is 1.14. The highest BCUT2D eigenvalue weighted by Crippen LogP contribution is 2.29. The van der Waals surface area contributed by atoms with Gasteiger partial charge >= 0.3 is 5.97 Å². The maximum absolute atomic E-state index is 11.0. The first-order chi connectivity index (χ1) is 7.06. The highest BCUT2D eigenvalue weighted by molar-refractivity contribution is 6.35. The van der Waals surface area contributed by atoms with E-state index in [1.165, 1.54) is 19.5 Å². The van der Waals surface area contributed by atoms with Gasteiger partial charge in [0.25, 0.3) is 0 Å². The van der Waals surface area contributed by atoms with Gasteiger partial charge in [0.05, 0.1) is 23.6 Å². The Morgan fingerprint density at radius 2 is 2.07 bits per heavy atom. The molecule has 6 heteroatoms. The number of nitrogens with two attached hydrogens (primary N) is 1. The largest absolute Gasteiger partial charge is 0.469 e. The minimum absolute atomic E-state index is 0.0277. The molecule has 0 aromatic carbocycles. The highest BCUT2D eigenvalue weighted by atomic mass is 35.5. The van der Waals surface area contributed by atoms with Crippen LogP contribution in [0.25, 0.3) is 0 Å². The molecule has 1 atom stereocenters. The van der Waals surface area contributed by atoms with E-state index in [2.05, 4.69) is 9.72 Å². The summed E-state index contributed by atoms with van der Waals surface area (Å²) in [6, 6.07) is -0.583. The molecule has 2 N–H and O–H groups in total. The summed E-state index contributed by atoms with van der Waals surface area (Å²) in [5.41, 5.74) is 6.29. The number of hydrogen-bond donors (Lipinski definition) is 1. The lowest BCUT2D eigenvalue weighted by atomic mass is 10.1. The fraction of sp³-hybridized carbons (Fsp3) is 0.333. The highest BCUT2D eigenvalue weighted by Gasteiger charge is 2.18. The predicted octanol–water partition coefficient (Wildman–Crippen LogP) is 1.95. The number of ether oxygens (including phenoxy) is 1. The smallest absolute Gasteiger partial charge is 0.307 e. The predicted molar refractivity (Wildman–Crippen MR) is 57.8 cm³/mol. The van der Waals surface area contributed by atoms with Gasteiger partial charge in [-0.05, 0) is 0 Å². The van der Waals surface area contributed by atoms with E-state index in [9.17, 15) is 4.79 Å². The Morgan fingerprint density at radius 1 is 1.53 bits per heavy atom. The quantitative estimate of drug-likeness (QED) is 0.831. The van der Waals surface area contributed by atoms with Gasteiger partial charge in [0.15, 0.2) is 0 Å². The average Bonchev–Trinajstić information content (AvgIpc) is 2.17. The first-order valence-electron chi connectivity index (χ1n) is 4.17. The second kappa shape index (κ2) is 5.30. The summed E-state index contributed by atoms with van der Waals surface area (Å²) in [6.07, 6.45) is 2.89. The normalized spacial score (nSPS) is 12.3. The van der Waals surface area contributed by atoms with Crippen molar-refractivity contribution in [1.29, 1.82) is 0 Å². The van der Waals surface area contributed by atoms with Crippen molar-refractivity contribution in [2.75, 3.05) is 7.11 Å². The average molecular weight is 249 g/mol. The molecule has 4 nitrogen and oxygen atoms in total. The van der Waals surface area contributed by atoms with Gasteiger partial charge in [-0.25, -0.2) is 0 Å². The maximum atomic E-state index is 11.0. The Labute approximate surface area is 97.3 Å². The van der Waals surface area contributed by atoms with E-state index >= 15 is 0 Å². The molecule has 82 valence electrons. The van der Waals surface area contributed by atoms with Crippen LogP contribution in [0, 0.1) is 0 Å². The SMILES string of the molecule is COC(=O)C[C@@H](N)c1c(Cl)cncc1Cl. The van der Waals surface area contributed by atoms with Gasteiger partial charge in [0, 0.05) is 24.0 Å². The molecule has 0 fully saturated rings. The minimum atomic E-state index is -0.583.